The summed E-state index contributed by atoms with van der Waals surface area (Å²) in [5.74, 6) is -0.0412. The van der Waals surface area contributed by atoms with E-state index in [0.717, 1.165) is 5.56 Å². The molecule has 6 nitrogen and oxygen atoms in total. The third-order valence-corrected chi connectivity index (χ3v) is 5.15. The molecule has 0 aliphatic carbocycles. The maximum absolute atomic E-state index is 13.0. The van der Waals surface area contributed by atoms with Crippen molar-refractivity contribution in [3.05, 3.63) is 75.1 Å². The van der Waals surface area contributed by atoms with Crippen LogP contribution in [0.1, 0.15) is 21.5 Å². The molecule has 0 radical (unpaired) electrons. The van der Waals surface area contributed by atoms with Crippen molar-refractivity contribution >= 4 is 28.5 Å². The molecule has 1 amide bonds. The number of benzene rings is 2. The van der Waals surface area contributed by atoms with E-state index in [-0.39, 0.29) is 17.4 Å². The summed E-state index contributed by atoms with van der Waals surface area (Å²) in [7, 11) is 0. The minimum Gasteiger partial charge on any atom is -0.286 e. The zero-order valence-electron chi connectivity index (χ0n) is 14.0. The van der Waals surface area contributed by atoms with Gasteiger partial charge in [0.1, 0.15) is 5.82 Å². The minimum absolute atomic E-state index is 0.0764. The average molecular weight is 373 g/mol. The highest BCUT2D eigenvalue weighted by atomic mass is 32.2. The van der Waals surface area contributed by atoms with Crippen LogP contribution in [0.2, 0.25) is 0 Å². The highest BCUT2D eigenvalue weighted by molar-refractivity contribution is 8.13. The van der Waals surface area contributed by atoms with Gasteiger partial charge in [0.2, 0.25) is 0 Å². The van der Waals surface area contributed by atoms with Crippen molar-refractivity contribution in [3.63, 3.8) is 0 Å². The summed E-state index contributed by atoms with van der Waals surface area (Å²) in [5, 5.41) is 11.7. The number of amidine groups is 1. The molecule has 8 heteroatoms. The van der Waals surface area contributed by atoms with Crippen LogP contribution in [0.5, 0.6) is 0 Å². The first-order chi connectivity index (χ1) is 12.5. The first kappa shape index (κ1) is 18.1. The van der Waals surface area contributed by atoms with E-state index in [4.69, 9.17) is 0 Å². The number of thioether (sulfide) groups is 1. The first-order valence-corrected chi connectivity index (χ1v) is 8.93. The Morgan fingerprint density at radius 2 is 2.04 bits per heavy atom. The fourth-order valence-electron chi connectivity index (χ4n) is 2.67. The minimum atomic E-state index is -0.492. The van der Waals surface area contributed by atoms with E-state index in [1.54, 1.807) is 30.0 Å². The predicted molar refractivity (Wildman–Crippen MR) is 98.9 cm³/mol. The Balaban J connectivity index is 1.75. The number of nitro benzene ring substituents is 1. The van der Waals surface area contributed by atoms with Gasteiger partial charge < -0.3 is 0 Å². The molecule has 0 saturated heterocycles. The molecule has 0 unspecified atom stereocenters. The van der Waals surface area contributed by atoms with Gasteiger partial charge in [-0.05, 0) is 30.7 Å². The highest BCUT2D eigenvalue weighted by Crippen LogP contribution is 2.26. The maximum Gasteiger partial charge on any atom is 0.273 e. The zero-order valence-corrected chi connectivity index (χ0v) is 14.8. The topological polar surface area (TPSA) is 75.8 Å². The number of carbonyl (C=O) groups is 1. The zero-order chi connectivity index (χ0) is 18.7. The monoisotopic (exact) mass is 373 g/mol. The van der Waals surface area contributed by atoms with Crippen molar-refractivity contribution in [2.24, 2.45) is 4.99 Å². The normalized spacial score (nSPS) is 13.6. The molecule has 3 rings (SSSR count). The summed E-state index contributed by atoms with van der Waals surface area (Å²) in [6.45, 7) is 2.50. The fourth-order valence-corrected chi connectivity index (χ4v) is 3.67. The number of carbonyl (C=O) groups excluding carboxylic acids is 1. The lowest BCUT2D eigenvalue weighted by molar-refractivity contribution is -0.385. The smallest absolute Gasteiger partial charge is 0.273 e. The van der Waals surface area contributed by atoms with Crippen molar-refractivity contribution in [1.82, 2.24) is 4.90 Å². The predicted octanol–water partition coefficient (Wildman–Crippen LogP) is 3.79. The maximum atomic E-state index is 13.0. The largest absolute Gasteiger partial charge is 0.286 e. The summed E-state index contributed by atoms with van der Waals surface area (Å²) >= 11 is 1.39. The van der Waals surface area contributed by atoms with Crippen LogP contribution in [0.15, 0.2) is 47.5 Å². The number of hydrogen-bond donors (Lipinski definition) is 0. The van der Waals surface area contributed by atoms with Gasteiger partial charge in [-0.3, -0.25) is 24.8 Å². The Kier molecular flexibility index (Phi) is 5.32. The molecule has 2 aromatic carbocycles. The standard InChI is InChI=1S/C18H16FN3O3S/c1-12-15(3-2-4-16(12)22(24)25)17(23)21-10-9-20-18(21)26-11-13-5-7-14(19)8-6-13/h2-8H,9-11H2,1H3. The van der Waals surface area contributed by atoms with Crippen molar-refractivity contribution in [3.8, 4) is 0 Å². The van der Waals surface area contributed by atoms with E-state index < -0.39 is 4.92 Å². The van der Waals surface area contributed by atoms with Gasteiger partial charge >= 0.3 is 0 Å². The Morgan fingerprint density at radius 1 is 1.31 bits per heavy atom. The van der Waals surface area contributed by atoms with Crippen LogP contribution in [-0.4, -0.2) is 34.0 Å². The second kappa shape index (κ2) is 7.65. The summed E-state index contributed by atoms with van der Waals surface area (Å²) in [6, 6.07) is 10.6. The molecule has 26 heavy (non-hydrogen) atoms. The van der Waals surface area contributed by atoms with E-state index in [2.05, 4.69) is 4.99 Å². The van der Waals surface area contributed by atoms with Crippen LogP contribution >= 0.6 is 11.8 Å². The third-order valence-electron chi connectivity index (χ3n) is 4.06. The number of hydrogen-bond acceptors (Lipinski definition) is 5. The number of nitro groups is 1. The lowest BCUT2D eigenvalue weighted by atomic mass is 10.1. The number of amides is 1. The molecular weight excluding hydrogens is 357 g/mol. The van der Waals surface area contributed by atoms with Gasteiger partial charge in [0.15, 0.2) is 5.17 Å². The fraction of sp³-hybridized carbons (Fsp3) is 0.222. The van der Waals surface area contributed by atoms with Gasteiger partial charge in [0, 0.05) is 29.5 Å². The van der Waals surface area contributed by atoms with Gasteiger partial charge in [-0.2, -0.15) is 0 Å². The lowest BCUT2D eigenvalue weighted by Crippen LogP contribution is -2.33. The number of nitrogens with zero attached hydrogens (tertiary/aromatic N) is 3. The Bertz CT molecular complexity index is 884. The molecule has 2 aromatic rings. The van der Waals surface area contributed by atoms with Crippen molar-refractivity contribution < 1.29 is 14.1 Å². The summed E-state index contributed by atoms with van der Waals surface area (Å²) in [4.78, 5) is 29.4. The lowest BCUT2D eigenvalue weighted by Gasteiger charge is -2.19. The molecule has 0 bridgehead atoms. The Morgan fingerprint density at radius 3 is 2.73 bits per heavy atom. The van der Waals surface area contributed by atoms with Crippen LogP contribution in [0.4, 0.5) is 10.1 Å². The average Bonchev–Trinajstić information content (AvgIpc) is 3.09. The van der Waals surface area contributed by atoms with E-state index in [0.29, 0.717) is 35.1 Å². The third kappa shape index (κ3) is 3.75. The molecule has 0 atom stereocenters. The second-order valence-electron chi connectivity index (χ2n) is 5.74. The SMILES string of the molecule is Cc1c(C(=O)N2CCN=C2SCc2ccc(F)cc2)cccc1[N+](=O)[O-]. The summed E-state index contributed by atoms with van der Waals surface area (Å²) < 4.78 is 13.0. The van der Waals surface area contributed by atoms with Crippen molar-refractivity contribution in [1.29, 1.82) is 0 Å². The Hall–Kier alpha value is -2.74. The number of halogens is 1. The summed E-state index contributed by atoms with van der Waals surface area (Å²) in [6.07, 6.45) is 0. The molecule has 134 valence electrons. The van der Waals surface area contributed by atoms with Gasteiger partial charge in [-0.25, -0.2) is 4.39 Å². The van der Waals surface area contributed by atoms with Crippen LogP contribution in [0.3, 0.4) is 0 Å². The van der Waals surface area contributed by atoms with Crippen LogP contribution in [0.25, 0.3) is 0 Å². The highest BCUT2D eigenvalue weighted by Gasteiger charge is 2.28. The van der Waals surface area contributed by atoms with Gasteiger partial charge in [0.25, 0.3) is 11.6 Å². The van der Waals surface area contributed by atoms with Gasteiger partial charge in [0.05, 0.1) is 11.5 Å². The molecule has 0 aromatic heterocycles. The molecule has 1 aliphatic heterocycles. The van der Waals surface area contributed by atoms with E-state index in [1.165, 1.54) is 36.0 Å². The molecular formula is C18H16FN3O3S. The van der Waals surface area contributed by atoms with Crippen molar-refractivity contribution in [2.45, 2.75) is 12.7 Å². The molecule has 0 saturated carbocycles. The quantitative estimate of drug-likeness (QED) is 0.604. The first-order valence-electron chi connectivity index (χ1n) is 7.95. The number of rotatable bonds is 4. The molecule has 0 spiro atoms. The van der Waals surface area contributed by atoms with Gasteiger partial charge in [-0.1, -0.05) is 30.0 Å². The second-order valence-corrected chi connectivity index (χ2v) is 6.69. The molecule has 0 fully saturated rings. The van der Waals surface area contributed by atoms with Crippen LogP contribution in [0, 0.1) is 22.9 Å². The van der Waals surface area contributed by atoms with Gasteiger partial charge in [-0.15, -0.1) is 0 Å². The summed E-state index contributed by atoms with van der Waals surface area (Å²) in [5.41, 5.74) is 1.49. The molecule has 0 N–H and O–H groups in total. The van der Waals surface area contributed by atoms with E-state index >= 15 is 0 Å². The molecule has 1 heterocycles. The molecule has 1 aliphatic rings. The van der Waals surface area contributed by atoms with E-state index in [9.17, 15) is 19.3 Å². The van der Waals surface area contributed by atoms with Crippen LogP contribution < -0.4 is 0 Å². The van der Waals surface area contributed by atoms with E-state index in [1.807, 2.05) is 0 Å². The van der Waals surface area contributed by atoms with Crippen LogP contribution in [-0.2, 0) is 5.75 Å². The van der Waals surface area contributed by atoms with Crippen molar-refractivity contribution in [2.75, 3.05) is 13.1 Å². The Labute approximate surface area is 153 Å². The number of aliphatic imine (C=N–C) groups is 1.